The Kier molecular flexibility index (Phi) is 5.49. The van der Waals surface area contributed by atoms with Crippen molar-refractivity contribution in [3.8, 4) is 0 Å². The third kappa shape index (κ3) is 4.18. The lowest BCUT2D eigenvalue weighted by Crippen LogP contribution is -2.32. The number of amides is 1. The number of carbonyl (C=O) groups is 1. The number of nitrogens with zero attached hydrogens (tertiary/aromatic N) is 1. The highest BCUT2D eigenvalue weighted by Gasteiger charge is 2.20. The van der Waals surface area contributed by atoms with Gasteiger partial charge in [-0.25, -0.2) is 13.8 Å². The molecule has 2 N–H and O–H groups in total. The standard InChI is InChI=1S/C20H23F2N3O/c1-12(2)15-9-19(25-18-7-6-14(21)8-17(18)22)23-11-16(15)20(26)24-10-13-4-3-5-13/h6-9,11-13H,3-5,10H2,1-2H3,(H,23,25)(H,24,26). The van der Waals surface area contributed by atoms with E-state index in [2.05, 4.69) is 15.6 Å². The van der Waals surface area contributed by atoms with Crippen molar-refractivity contribution in [1.29, 1.82) is 0 Å². The SMILES string of the molecule is CC(C)c1cc(Nc2ccc(F)cc2F)ncc1C(=O)NCC1CCC1. The lowest BCUT2D eigenvalue weighted by atomic mass is 9.85. The molecule has 138 valence electrons. The normalized spacial score (nSPS) is 14.2. The Morgan fingerprint density at radius 1 is 1.27 bits per heavy atom. The predicted octanol–water partition coefficient (Wildman–Crippen LogP) is 4.76. The van der Waals surface area contributed by atoms with E-state index < -0.39 is 11.6 Å². The molecule has 0 radical (unpaired) electrons. The van der Waals surface area contributed by atoms with Crippen LogP contribution in [0.4, 0.5) is 20.3 Å². The van der Waals surface area contributed by atoms with Crippen molar-refractivity contribution in [2.24, 2.45) is 5.92 Å². The number of pyridine rings is 1. The van der Waals surface area contributed by atoms with Crippen LogP contribution in [0.3, 0.4) is 0 Å². The van der Waals surface area contributed by atoms with Crippen molar-refractivity contribution in [3.63, 3.8) is 0 Å². The molecule has 1 saturated carbocycles. The zero-order chi connectivity index (χ0) is 18.7. The van der Waals surface area contributed by atoms with Gasteiger partial charge in [-0.05, 0) is 48.4 Å². The van der Waals surface area contributed by atoms with E-state index in [0.717, 1.165) is 11.6 Å². The smallest absolute Gasteiger partial charge is 0.253 e. The molecule has 0 saturated heterocycles. The van der Waals surface area contributed by atoms with E-state index in [1.54, 1.807) is 6.07 Å². The monoisotopic (exact) mass is 359 g/mol. The third-order valence-corrected chi connectivity index (χ3v) is 4.77. The van der Waals surface area contributed by atoms with Crippen LogP contribution in [0, 0.1) is 17.6 Å². The Morgan fingerprint density at radius 3 is 2.65 bits per heavy atom. The Morgan fingerprint density at radius 2 is 2.04 bits per heavy atom. The molecule has 0 aliphatic heterocycles. The number of carbonyl (C=O) groups excluding carboxylic acids is 1. The zero-order valence-electron chi connectivity index (χ0n) is 15.0. The fourth-order valence-electron chi connectivity index (χ4n) is 2.96. The summed E-state index contributed by atoms with van der Waals surface area (Å²) in [5, 5.41) is 5.82. The summed E-state index contributed by atoms with van der Waals surface area (Å²) in [6.07, 6.45) is 5.08. The molecular weight excluding hydrogens is 336 g/mol. The van der Waals surface area contributed by atoms with Gasteiger partial charge in [-0.2, -0.15) is 0 Å². The molecule has 1 aliphatic carbocycles. The summed E-state index contributed by atoms with van der Waals surface area (Å²) in [5.74, 6) is -0.372. The van der Waals surface area contributed by atoms with Gasteiger partial charge in [-0.1, -0.05) is 20.3 Å². The number of nitrogens with one attached hydrogen (secondary N) is 2. The average molecular weight is 359 g/mol. The third-order valence-electron chi connectivity index (χ3n) is 4.77. The van der Waals surface area contributed by atoms with Crippen molar-refractivity contribution in [1.82, 2.24) is 10.3 Å². The van der Waals surface area contributed by atoms with Gasteiger partial charge in [-0.15, -0.1) is 0 Å². The summed E-state index contributed by atoms with van der Waals surface area (Å²) in [5.41, 5.74) is 1.50. The molecule has 0 atom stereocenters. The van der Waals surface area contributed by atoms with Crippen LogP contribution in [-0.4, -0.2) is 17.4 Å². The van der Waals surface area contributed by atoms with E-state index in [0.29, 0.717) is 23.8 Å². The minimum absolute atomic E-state index is 0.0982. The maximum Gasteiger partial charge on any atom is 0.253 e. The molecule has 3 rings (SSSR count). The van der Waals surface area contributed by atoms with Crippen molar-refractivity contribution in [3.05, 3.63) is 53.2 Å². The van der Waals surface area contributed by atoms with Crippen molar-refractivity contribution in [2.45, 2.75) is 39.0 Å². The molecule has 1 fully saturated rings. The van der Waals surface area contributed by atoms with Gasteiger partial charge in [0.05, 0.1) is 11.3 Å². The van der Waals surface area contributed by atoms with Gasteiger partial charge < -0.3 is 10.6 Å². The molecule has 1 aromatic heterocycles. The summed E-state index contributed by atoms with van der Waals surface area (Å²) >= 11 is 0. The van der Waals surface area contributed by atoms with Gasteiger partial charge in [0.2, 0.25) is 0 Å². The molecule has 0 bridgehead atoms. The van der Waals surface area contributed by atoms with E-state index in [9.17, 15) is 13.6 Å². The number of aromatic nitrogens is 1. The van der Waals surface area contributed by atoms with Crippen molar-refractivity contribution >= 4 is 17.4 Å². The van der Waals surface area contributed by atoms with E-state index in [1.165, 1.54) is 37.6 Å². The first-order valence-electron chi connectivity index (χ1n) is 8.94. The molecule has 2 aromatic rings. The first-order valence-corrected chi connectivity index (χ1v) is 8.94. The van der Waals surface area contributed by atoms with Crippen LogP contribution in [0.2, 0.25) is 0 Å². The first-order chi connectivity index (χ1) is 12.4. The van der Waals surface area contributed by atoms with E-state index in [4.69, 9.17) is 0 Å². The van der Waals surface area contributed by atoms with Gasteiger partial charge >= 0.3 is 0 Å². The van der Waals surface area contributed by atoms with E-state index in [1.807, 2.05) is 13.8 Å². The topological polar surface area (TPSA) is 54.0 Å². The average Bonchev–Trinajstić information content (AvgIpc) is 2.55. The predicted molar refractivity (Wildman–Crippen MR) is 97.6 cm³/mol. The quantitative estimate of drug-likeness (QED) is 0.782. The second kappa shape index (κ2) is 7.81. The molecule has 0 spiro atoms. The molecule has 4 nitrogen and oxygen atoms in total. The van der Waals surface area contributed by atoms with Crippen LogP contribution >= 0.6 is 0 Å². The summed E-state index contributed by atoms with van der Waals surface area (Å²) in [6, 6.07) is 5.05. The number of rotatable bonds is 6. The van der Waals surface area contributed by atoms with Crippen molar-refractivity contribution < 1.29 is 13.6 Å². The van der Waals surface area contributed by atoms with Gasteiger partial charge in [0.15, 0.2) is 0 Å². The molecule has 1 heterocycles. The second-order valence-electron chi connectivity index (χ2n) is 7.07. The van der Waals surface area contributed by atoms with Gasteiger partial charge in [0.1, 0.15) is 17.5 Å². The van der Waals surface area contributed by atoms with Crippen LogP contribution in [0.5, 0.6) is 0 Å². The highest BCUT2D eigenvalue weighted by Crippen LogP contribution is 2.27. The van der Waals surface area contributed by atoms with Crippen LogP contribution < -0.4 is 10.6 Å². The highest BCUT2D eigenvalue weighted by atomic mass is 19.1. The first kappa shape index (κ1) is 18.3. The molecular formula is C20H23F2N3O. The number of hydrogen-bond acceptors (Lipinski definition) is 3. The Labute approximate surface area is 152 Å². The van der Waals surface area contributed by atoms with Crippen molar-refractivity contribution in [2.75, 3.05) is 11.9 Å². The fraction of sp³-hybridized carbons (Fsp3) is 0.400. The van der Waals surface area contributed by atoms with Gasteiger partial charge in [0.25, 0.3) is 5.91 Å². The molecule has 1 aromatic carbocycles. The molecule has 0 unspecified atom stereocenters. The summed E-state index contributed by atoms with van der Waals surface area (Å²) in [6.45, 7) is 4.66. The maximum absolute atomic E-state index is 13.8. The Balaban J connectivity index is 1.78. The molecule has 6 heteroatoms. The van der Waals surface area contributed by atoms with Gasteiger partial charge in [0, 0.05) is 18.8 Å². The lowest BCUT2D eigenvalue weighted by molar-refractivity contribution is 0.0937. The lowest BCUT2D eigenvalue weighted by Gasteiger charge is -2.25. The van der Waals surface area contributed by atoms with Gasteiger partial charge in [-0.3, -0.25) is 4.79 Å². The maximum atomic E-state index is 13.8. The summed E-state index contributed by atoms with van der Waals surface area (Å²) in [4.78, 5) is 16.7. The van der Waals surface area contributed by atoms with E-state index >= 15 is 0 Å². The minimum atomic E-state index is -0.694. The second-order valence-corrected chi connectivity index (χ2v) is 7.07. The largest absolute Gasteiger partial charge is 0.352 e. The Hall–Kier alpha value is -2.50. The summed E-state index contributed by atoms with van der Waals surface area (Å²) < 4.78 is 26.9. The van der Waals surface area contributed by atoms with Crippen LogP contribution in [0.1, 0.15) is 54.9 Å². The van der Waals surface area contributed by atoms with Crippen LogP contribution in [0.15, 0.2) is 30.5 Å². The molecule has 1 aliphatic rings. The minimum Gasteiger partial charge on any atom is -0.352 e. The molecule has 26 heavy (non-hydrogen) atoms. The number of anilines is 2. The number of hydrogen-bond donors (Lipinski definition) is 2. The number of benzene rings is 1. The van der Waals surface area contributed by atoms with E-state index in [-0.39, 0.29) is 17.5 Å². The molecule has 1 amide bonds. The van der Waals surface area contributed by atoms with Crippen LogP contribution in [-0.2, 0) is 0 Å². The highest BCUT2D eigenvalue weighted by molar-refractivity contribution is 5.95. The van der Waals surface area contributed by atoms with Crippen LogP contribution in [0.25, 0.3) is 0 Å². The zero-order valence-corrected chi connectivity index (χ0v) is 15.0. The number of halogens is 2. The summed E-state index contributed by atoms with van der Waals surface area (Å²) in [7, 11) is 0. The Bertz CT molecular complexity index is 804. The fourth-order valence-corrected chi connectivity index (χ4v) is 2.96.